The van der Waals surface area contributed by atoms with Crippen molar-refractivity contribution < 1.29 is 27.5 Å². The summed E-state index contributed by atoms with van der Waals surface area (Å²) in [7, 11) is -3.41. The molecule has 9 nitrogen and oxygen atoms in total. The van der Waals surface area contributed by atoms with E-state index < -0.39 is 28.5 Å². The van der Waals surface area contributed by atoms with E-state index in [2.05, 4.69) is 10.6 Å². The van der Waals surface area contributed by atoms with Gasteiger partial charge in [0.15, 0.2) is 6.61 Å². The molecule has 0 bridgehead atoms. The van der Waals surface area contributed by atoms with Crippen LogP contribution in [0.1, 0.15) is 29.8 Å². The first-order chi connectivity index (χ1) is 12.6. The first-order valence-electron chi connectivity index (χ1n) is 8.46. The molecule has 0 saturated carbocycles. The van der Waals surface area contributed by atoms with Crippen molar-refractivity contribution in [1.29, 1.82) is 0 Å². The zero-order valence-corrected chi connectivity index (χ0v) is 16.3. The highest BCUT2D eigenvalue weighted by Gasteiger charge is 2.32. The summed E-state index contributed by atoms with van der Waals surface area (Å²) in [5.74, 6) is -1.62. The number of anilines is 1. The lowest BCUT2D eigenvalue weighted by molar-refractivity contribution is -0.127. The summed E-state index contributed by atoms with van der Waals surface area (Å²) in [6.07, 6.45) is 1.62. The minimum Gasteiger partial charge on any atom is -0.452 e. The van der Waals surface area contributed by atoms with Crippen molar-refractivity contribution in [3.63, 3.8) is 0 Å². The molecular weight excluding hydrogens is 374 g/mol. The van der Waals surface area contributed by atoms with Crippen LogP contribution in [0.15, 0.2) is 18.2 Å². The molecule has 2 N–H and O–H groups in total. The predicted octanol–water partition coefficient (Wildman–Crippen LogP) is -0.194. The molecule has 0 radical (unpaired) electrons. The number of benzene rings is 1. The van der Waals surface area contributed by atoms with Gasteiger partial charge >= 0.3 is 5.97 Å². The van der Waals surface area contributed by atoms with E-state index in [1.54, 1.807) is 26.0 Å². The zero-order chi connectivity index (χ0) is 20.2. The molecule has 0 saturated heterocycles. The van der Waals surface area contributed by atoms with Crippen LogP contribution in [-0.4, -0.2) is 58.2 Å². The van der Waals surface area contributed by atoms with Crippen LogP contribution in [0.5, 0.6) is 0 Å². The van der Waals surface area contributed by atoms with E-state index in [1.807, 2.05) is 0 Å². The van der Waals surface area contributed by atoms with Gasteiger partial charge in [0.05, 0.1) is 24.1 Å². The second-order valence-corrected chi connectivity index (χ2v) is 8.12. The van der Waals surface area contributed by atoms with Crippen molar-refractivity contribution in [3.05, 3.63) is 29.3 Å². The second kappa shape index (κ2) is 8.38. The largest absolute Gasteiger partial charge is 0.452 e. The van der Waals surface area contributed by atoms with Gasteiger partial charge in [0.2, 0.25) is 15.9 Å². The van der Waals surface area contributed by atoms with Gasteiger partial charge in [0, 0.05) is 12.6 Å². The third-order valence-electron chi connectivity index (χ3n) is 3.98. The first-order valence-corrected chi connectivity index (χ1v) is 10.3. The Morgan fingerprint density at radius 2 is 1.93 bits per heavy atom. The van der Waals surface area contributed by atoms with Gasteiger partial charge in [-0.2, -0.15) is 0 Å². The van der Waals surface area contributed by atoms with Crippen LogP contribution in [0.2, 0.25) is 0 Å². The van der Waals surface area contributed by atoms with Gasteiger partial charge < -0.3 is 15.4 Å². The molecule has 1 aromatic rings. The maximum absolute atomic E-state index is 12.1. The van der Waals surface area contributed by atoms with Crippen molar-refractivity contribution in [1.82, 2.24) is 10.6 Å². The first kappa shape index (κ1) is 20.7. The molecule has 10 heteroatoms. The number of fused-ring (bicyclic) bond motifs is 1. The average molecular weight is 397 g/mol. The van der Waals surface area contributed by atoms with Crippen LogP contribution in [0.25, 0.3) is 0 Å². The van der Waals surface area contributed by atoms with Crippen molar-refractivity contribution in [2.24, 2.45) is 0 Å². The number of amides is 2. The fourth-order valence-corrected chi connectivity index (χ4v) is 4.20. The minimum absolute atomic E-state index is 0.192. The Bertz CT molecular complexity index is 852. The van der Waals surface area contributed by atoms with Gasteiger partial charge in [0.1, 0.15) is 0 Å². The Morgan fingerprint density at radius 1 is 1.22 bits per heavy atom. The molecule has 0 aromatic heterocycles. The standard InChI is InChI=1S/C17H23N3O6S/c1-4-18-15(21)9-19-16(22)10-26-17(23)12-5-6-14-13(8-12)7-11(2)20(14)27(3,24)25/h5-6,8,11H,4,7,9-10H2,1-3H3,(H,18,21)(H,19,22)/t11-/m0/s1. The Hall–Kier alpha value is -2.62. The zero-order valence-electron chi connectivity index (χ0n) is 15.4. The number of hydrogen-bond donors (Lipinski definition) is 2. The lowest BCUT2D eigenvalue weighted by Gasteiger charge is -2.21. The summed E-state index contributed by atoms with van der Waals surface area (Å²) in [4.78, 5) is 35.0. The van der Waals surface area contributed by atoms with Crippen LogP contribution >= 0.6 is 0 Å². The summed E-state index contributed by atoms with van der Waals surface area (Å²) >= 11 is 0. The van der Waals surface area contributed by atoms with E-state index in [9.17, 15) is 22.8 Å². The molecule has 2 amide bonds. The summed E-state index contributed by atoms with van der Waals surface area (Å²) < 4.78 is 30.1. The summed E-state index contributed by atoms with van der Waals surface area (Å²) in [6.45, 7) is 3.30. The number of hydrogen-bond acceptors (Lipinski definition) is 6. The van der Waals surface area contributed by atoms with Gasteiger partial charge in [-0.15, -0.1) is 0 Å². The Morgan fingerprint density at radius 3 is 2.56 bits per heavy atom. The number of likely N-dealkylation sites (N-methyl/N-ethyl adjacent to an activating group) is 1. The number of nitrogens with one attached hydrogen (secondary N) is 2. The normalized spacial score (nSPS) is 15.8. The van der Waals surface area contributed by atoms with Crippen molar-refractivity contribution in [2.45, 2.75) is 26.3 Å². The highest BCUT2D eigenvalue weighted by molar-refractivity contribution is 7.92. The quantitative estimate of drug-likeness (QED) is 0.615. The molecule has 0 fully saturated rings. The molecule has 27 heavy (non-hydrogen) atoms. The summed E-state index contributed by atoms with van der Waals surface area (Å²) in [5, 5.41) is 4.87. The fourth-order valence-electron chi connectivity index (χ4n) is 2.94. The molecule has 1 aliphatic rings. The fraction of sp³-hybridized carbons (Fsp3) is 0.471. The van der Waals surface area contributed by atoms with Gasteiger partial charge in [0.25, 0.3) is 5.91 Å². The number of carbonyl (C=O) groups excluding carboxylic acids is 3. The molecular formula is C17H23N3O6S. The Kier molecular flexibility index (Phi) is 6.42. The number of sulfonamides is 1. The molecule has 1 heterocycles. The van der Waals surface area contributed by atoms with E-state index >= 15 is 0 Å². The number of carbonyl (C=O) groups is 3. The van der Waals surface area contributed by atoms with Gasteiger partial charge in [-0.25, -0.2) is 13.2 Å². The van der Waals surface area contributed by atoms with E-state index in [0.717, 1.165) is 11.8 Å². The lowest BCUT2D eigenvalue weighted by atomic mass is 10.1. The van der Waals surface area contributed by atoms with E-state index in [0.29, 0.717) is 18.7 Å². The van der Waals surface area contributed by atoms with Gasteiger partial charge in [-0.05, 0) is 44.0 Å². The topological polar surface area (TPSA) is 122 Å². The van der Waals surface area contributed by atoms with Crippen molar-refractivity contribution in [2.75, 3.05) is 30.3 Å². The lowest BCUT2D eigenvalue weighted by Crippen LogP contribution is -2.38. The van der Waals surface area contributed by atoms with Crippen LogP contribution in [0, 0.1) is 0 Å². The minimum atomic E-state index is -3.41. The summed E-state index contributed by atoms with van der Waals surface area (Å²) in [5.41, 5.74) is 1.50. The van der Waals surface area contributed by atoms with Crippen LogP contribution in [-0.2, 0) is 30.8 Å². The number of ether oxygens (including phenoxy) is 1. The molecule has 0 unspecified atom stereocenters. The van der Waals surface area contributed by atoms with Crippen LogP contribution in [0.4, 0.5) is 5.69 Å². The molecule has 0 spiro atoms. The SMILES string of the molecule is CCNC(=O)CNC(=O)COC(=O)c1ccc2c(c1)C[C@H](C)N2S(C)(=O)=O. The molecule has 1 aromatic carbocycles. The predicted molar refractivity (Wildman–Crippen MR) is 98.9 cm³/mol. The number of esters is 1. The molecule has 148 valence electrons. The number of rotatable bonds is 7. The van der Waals surface area contributed by atoms with E-state index in [-0.39, 0.29) is 24.1 Å². The molecule has 1 aliphatic heterocycles. The van der Waals surface area contributed by atoms with E-state index in [4.69, 9.17) is 4.74 Å². The Labute approximate surface area is 158 Å². The molecule has 1 atom stereocenters. The van der Waals surface area contributed by atoms with Crippen molar-refractivity contribution >= 4 is 33.5 Å². The maximum atomic E-state index is 12.1. The summed E-state index contributed by atoms with van der Waals surface area (Å²) in [6, 6.07) is 4.36. The highest BCUT2D eigenvalue weighted by atomic mass is 32.2. The van der Waals surface area contributed by atoms with E-state index in [1.165, 1.54) is 10.4 Å². The molecule has 2 rings (SSSR count). The van der Waals surface area contributed by atoms with Crippen molar-refractivity contribution in [3.8, 4) is 0 Å². The van der Waals surface area contributed by atoms with Crippen LogP contribution < -0.4 is 14.9 Å². The highest BCUT2D eigenvalue weighted by Crippen LogP contribution is 2.34. The van der Waals surface area contributed by atoms with Gasteiger partial charge in [-0.3, -0.25) is 13.9 Å². The monoisotopic (exact) mass is 397 g/mol. The third kappa shape index (κ3) is 5.19. The average Bonchev–Trinajstić information content (AvgIpc) is 2.93. The van der Waals surface area contributed by atoms with Crippen LogP contribution in [0.3, 0.4) is 0 Å². The smallest absolute Gasteiger partial charge is 0.338 e. The second-order valence-electron chi connectivity index (χ2n) is 6.26. The number of nitrogens with zero attached hydrogens (tertiary/aromatic N) is 1. The third-order valence-corrected chi connectivity index (χ3v) is 5.25. The van der Waals surface area contributed by atoms with Gasteiger partial charge in [-0.1, -0.05) is 0 Å². The molecule has 0 aliphatic carbocycles. The maximum Gasteiger partial charge on any atom is 0.338 e. The Balaban J connectivity index is 1.96.